The van der Waals surface area contributed by atoms with Gasteiger partial charge in [0, 0.05) is 16.8 Å². The van der Waals surface area contributed by atoms with Crippen molar-refractivity contribution in [2.45, 2.75) is 20.4 Å². The number of benzene rings is 2. The Morgan fingerprint density at radius 1 is 1.14 bits per heavy atom. The van der Waals surface area contributed by atoms with Crippen molar-refractivity contribution in [3.8, 4) is 11.5 Å². The Balaban J connectivity index is 1.48. The molecule has 2 aromatic carbocycles. The Morgan fingerprint density at radius 2 is 1.93 bits per heavy atom. The number of ether oxygens (including phenoxy) is 2. The van der Waals surface area contributed by atoms with Gasteiger partial charge < -0.3 is 20.1 Å². The van der Waals surface area contributed by atoms with Crippen molar-refractivity contribution < 1.29 is 9.47 Å². The third kappa shape index (κ3) is 3.76. The zero-order chi connectivity index (χ0) is 19.7. The number of nitrogens with zero attached hydrogens (tertiary/aromatic N) is 2. The first kappa shape index (κ1) is 18.6. The molecule has 1 aliphatic rings. The fraction of sp³-hybridized carbons (Fsp3) is 0.200. The Morgan fingerprint density at radius 3 is 2.75 bits per heavy atom. The molecule has 0 saturated heterocycles. The Kier molecular flexibility index (Phi) is 5.11. The van der Waals surface area contributed by atoms with Crippen LogP contribution in [0.3, 0.4) is 0 Å². The van der Waals surface area contributed by atoms with E-state index in [9.17, 15) is 0 Å². The van der Waals surface area contributed by atoms with Gasteiger partial charge in [0.1, 0.15) is 0 Å². The number of nitrogens with one attached hydrogen (secondary N) is 2. The SMILES string of the molecule is Cc1nn(Cc2ccccc2Cl)c(C)c1NC(=S)Nc1ccc2c(c1)OCO2. The molecule has 4 rings (SSSR count). The van der Waals surface area contributed by atoms with Crippen molar-refractivity contribution in [3.63, 3.8) is 0 Å². The van der Waals surface area contributed by atoms with E-state index in [4.69, 9.17) is 33.3 Å². The van der Waals surface area contributed by atoms with Gasteiger partial charge in [0.2, 0.25) is 6.79 Å². The van der Waals surface area contributed by atoms with Gasteiger partial charge in [-0.25, -0.2) is 0 Å². The highest BCUT2D eigenvalue weighted by Crippen LogP contribution is 2.34. The van der Waals surface area contributed by atoms with Crippen LogP contribution in [-0.2, 0) is 6.54 Å². The molecule has 1 aliphatic heterocycles. The summed E-state index contributed by atoms with van der Waals surface area (Å²) < 4.78 is 12.6. The van der Waals surface area contributed by atoms with Crippen LogP contribution in [0.15, 0.2) is 42.5 Å². The maximum atomic E-state index is 6.28. The van der Waals surface area contributed by atoms with E-state index in [2.05, 4.69) is 15.7 Å². The van der Waals surface area contributed by atoms with Gasteiger partial charge in [0.05, 0.1) is 23.6 Å². The lowest BCUT2D eigenvalue weighted by molar-refractivity contribution is 0.174. The zero-order valence-corrected chi connectivity index (χ0v) is 17.0. The normalized spacial score (nSPS) is 12.1. The first-order chi connectivity index (χ1) is 13.5. The van der Waals surface area contributed by atoms with Gasteiger partial charge in [-0.15, -0.1) is 0 Å². The zero-order valence-electron chi connectivity index (χ0n) is 15.5. The molecule has 0 bridgehead atoms. The van der Waals surface area contributed by atoms with Gasteiger partial charge in [0.25, 0.3) is 0 Å². The lowest BCUT2D eigenvalue weighted by Gasteiger charge is -2.12. The maximum Gasteiger partial charge on any atom is 0.231 e. The van der Waals surface area contributed by atoms with Gasteiger partial charge in [-0.2, -0.15) is 5.10 Å². The number of thiocarbonyl (C=S) groups is 1. The summed E-state index contributed by atoms with van der Waals surface area (Å²) in [5, 5.41) is 12.2. The quantitative estimate of drug-likeness (QED) is 0.601. The average Bonchev–Trinajstić information content (AvgIpc) is 3.23. The minimum absolute atomic E-state index is 0.241. The highest BCUT2D eigenvalue weighted by molar-refractivity contribution is 7.80. The topological polar surface area (TPSA) is 60.3 Å². The lowest BCUT2D eigenvalue weighted by Crippen LogP contribution is -2.20. The number of hydrogen-bond donors (Lipinski definition) is 2. The van der Waals surface area contributed by atoms with Crippen LogP contribution in [0, 0.1) is 13.8 Å². The van der Waals surface area contributed by atoms with E-state index < -0.39 is 0 Å². The lowest BCUT2D eigenvalue weighted by atomic mass is 10.2. The molecule has 2 heterocycles. The first-order valence-corrected chi connectivity index (χ1v) is 9.55. The Labute approximate surface area is 173 Å². The highest BCUT2D eigenvalue weighted by Gasteiger charge is 2.16. The average molecular weight is 415 g/mol. The van der Waals surface area contributed by atoms with Gasteiger partial charge in [-0.3, -0.25) is 4.68 Å². The Hall–Kier alpha value is -2.77. The van der Waals surface area contributed by atoms with Crippen molar-refractivity contribution >= 4 is 40.3 Å². The molecule has 0 radical (unpaired) electrons. The molecule has 0 aliphatic carbocycles. The summed E-state index contributed by atoms with van der Waals surface area (Å²) >= 11 is 11.8. The molecule has 144 valence electrons. The second kappa shape index (κ2) is 7.69. The van der Waals surface area contributed by atoms with Gasteiger partial charge in [-0.1, -0.05) is 29.8 Å². The largest absolute Gasteiger partial charge is 0.454 e. The van der Waals surface area contributed by atoms with Crippen LogP contribution in [0.2, 0.25) is 5.02 Å². The van der Waals surface area contributed by atoms with Crippen LogP contribution < -0.4 is 20.1 Å². The van der Waals surface area contributed by atoms with Gasteiger partial charge in [0.15, 0.2) is 16.6 Å². The first-order valence-electron chi connectivity index (χ1n) is 8.76. The molecule has 2 N–H and O–H groups in total. The van der Waals surface area contributed by atoms with Gasteiger partial charge in [-0.05, 0) is 49.8 Å². The number of aryl methyl sites for hydroxylation is 1. The van der Waals surface area contributed by atoms with E-state index in [1.807, 2.05) is 61.0 Å². The second-order valence-electron chi connectivity index (χ2n) is 6.44. The minimum Gasteiger partial charge on any atom is -0.454 e. The molecule has 8 heteroatoms. The third-order valence-electron chi connectivity index (χ3n) is 4.53. The molecular formula is C20H19ClN4O2S. The molecular weight excluding hydrogens is 396 g/mol. The van der Waals surface area contributed by atoms with E-state index in [0.717, 1.165) is 39.1 Å². The third-order valence-corrected chi connectivity index (χ3v) is 5.10. The Bertz CT molecular complexity index is 1050. The summed E-state index contributed by atoms with van der Waals surface area (Å²) in [6.45, 7) is 4.78. The molecule has 0 atom stereocenters. The summed E-state index contributed by atoms with van der Waals surface area (Å²) in [7, 11) is 0. The summed E-state index contributed by atoms with van der Waals surface area (Å²) in [5.41, 5.74) is 4.56. The summed E-state index contributed by atoms with van der Waals surface area (Å²) in [6, 6.07) is 13.4. The number of rotatable bonds is 4. The number of fused-ring (bicyclic) bond motifs is 1. The summed E-state index contributed by atoms with van der Waals surface area (Å²) in [5.74, 6) is 1.43. The molecule has 6 nitrogen and oxygen atoms in total. The monoisotopic (exact) mass is 414 g/mol. The fourth-order valence-corrected chi connectivity index (χ4v) is 3.49. The summed E-state index contributed by atoms with van der Waals surface area (Å²) in [6.07, 6.45) is 0. The van der Waals surface area contributed by atoms with E-state index in [1.165, 1.54) is 0 Å². The van der Waals surface area contributed by atoms with E-state index >= 15 is 0 Å². The van der Waals surface area contributed by atoms with E-state index in [0.29, 0.717) is 17.4 Å². The second-order valence-corrected chi connectivity index (χ2v) is 7.26. The molecule has 0 unspecified atom stereocenters. The predicted molar refractivity (Wildman–Crippen MR) is 115 cm³/mol. The van der Waals surface area contributed by atoms with Crippen molar-refractivity contribution in [3.05, 3.63) is 64.4 Å². The standard InChI is InChI=1S/C20H19ClN4O2S/c1-12-19(13(2)25(24-12)10-14-5-3-4-6-16(14)21)23-20(28)22-15-7-8-17-18(9-15)27-11-26-17/h3-9H,10-11H2,1-2H3,(H2,22,23,28). The van der Waals surface area contributed by atoms with Crippen LogP contribution in [0.25, 0.3) is 0 Å². The molecule has 3 aromatic rings. The number of anilines is 2. The van der Waals surface area contributed by atoms with Gasteiger partial charge >= 0.3 is 0 Å². The smallest absolute Gasteiger partial charge is 0.231 e. The van der Waals surface area contributed by atoms with E-state index in [-0.39, 0.29) is 6.79 Å². The molecule has 0 saturated carbocycles. The van der Waals surface area contributed by atoms with Crippen LogP contribution in [0.4, 0.5) is 11.4 Å². The van der Waals surface area contributed by atoms with Crippen LogP contribution >= 0.6 is 23.8 Å². The summed E-state index contributed by atoms with van der Waals surface area (Å²) in [4.78, 5) is 0. The number of halogens is 1. The molecule has 0 fully saturated rings. The molecule has 28 heavy (non-hydrogen) atoms. The highest BCUT2D eigenvalue weighted by atomic mass is 35.5. The van der Waals surface area contributed by atoms with Crippen LogP contribution in [0.5, 0.6) is 11.5 Å². The van der Waals surface area contributed by atoms with Crippen LogP contribution in [0.1, 0.15) is 17.0 Å². The van der Waals surface area contributed by atoms with Crippen molar-refractivity contribution in [2.24, 2.45) is 0 Å². The molecule has 1 aromatic heterocycles. The predicted octanol–water partition coefficient (Wildman–Crippen LogP) is 4.74. The molecule has 0 spiro atoms. The number of aromatic nitrogens is 2. The van der Waals surface area contributed by atoms with Crippen molar-refractivity contribution in [2.75, 3.05) is 17.4 Å². The van der Waals surface area contributed by atoms with Crippen molar-refractivity contribution in [1.82, 2.24) is 9.78 Å². The molecule has 0 amide bonds. The number of hydrogen-bond acceptors (Lipinski definition) is 4. The van der Waals surface area contributed by atoms with Crippen LogP contribution in [-0.4, -0.2) is 21.7 Å². The maximum absolute atomic E-state index is 6.28. The van der Waals surface area contributed by atoms with Crippen molar-refractivity contribution in [1.29, 1.82) is 0 Å². The minimum atomic E-state index is 0.241. The fourth-order valence-electron chi connectivity index (χ4n) is 3.07. The van der Waals surface area contributed by atoms with E-state index in [1.54, 1.807) is 0 Å².